The predicted molar refractivity (Wildman–Crippen MR) is 318 cm³/mol. The maximum Gasteiger partial charge on any atom is 0.0702 e. The molecular formula is C72H65Ir2N4-3. The van der Waals surface area contributed by atoms with Crippen molar-refractivity contribution in [1.82, 2.24) is 19.9 Å². The summed E-state index contributed by atoms with van der Waals surface area (Å²) in [5, 5.41) is 0. The molecule has 0 fully saturated rings. The van der Waals surface area contributed by atoms with Crippen LogP contribution in [0.3, 0.4) is 0 Å². The fraction of sp³-hybridized carbons (Fsp3) is 0.139. The molecule has 0 N–H and O–H groups in total. The van der Waals surface area contributed by atoms with E-state index in [9.17, 15) is 0 Å². The van der Waals surface area contributed by atoms with Gasteiger partial charge in [0, 0.05) is 70.6 Å². The molecule has 4 nitrogen and oxygen atoms in total. The van der Waals surface area contributed by atoms with Crippen molar-refractivity contribution in [2.45, 2.75) is 54.4 Å². The summed E-state index contributed by atoms with van der Waals surface area (Å²) in [6, 6.07) is 86.5. The van der Waals surface area contributed by atoms with Gasteiger partial charge in [0.15, 0.2) is 0 Å². The fourth-order valence-corrected chi connectivity index (χ4v) is 8.51. The topological polar surface area (TPSA) is 51.6 Å². The maximum atomic E-state index is 4.64. The molecule has 0 amide bonds. The van der Waals surface area contributed by atoms with E-state index in [1.165, 1.54) is 55.6 Å². The van der Waals surface area contributed by atoms with Crippen molar-refractivity contribution in [2.75, 3.05) is 0 Å². The van der Waals surface area contributed by atoms with Gasteiger partial charge in [0.1, 0.15) is 0 Å². The number of aromatic nitrogens is 4. The molecule has 4 heterocycles. The smallest absolute Gasteiger partial charge is 0.0702 e. The van der Waals surface area contributed by atoms with Crippen molar-refractivity contribution in [2.24, 2.45) is 11.8 Å². The minimum absolute atomic E-state index is 0. The summed E-state index contributed by atoms with van der Waals surface area (Å²) in [6.07, 6.45) is 9.90. The Morgan fingerprint density at radius 1 is 0.308 bits per heavy atom. The van der Waals surface area contributed by atoms with Gasteiger partial charge in [-0.05, 0) is 112 Å². The Morgan fingerprint density at radius 3 is 1.08 bits per heavy atom. The monoisotopic (exact) mass is 1370 g/mol. The van der Waals surface area contributed by atoms with Gasteiger partial charge in [-0.25, -0.2) is 0 Å². The molecule has 0 aliphatic carbocycles. The molecule has 0 bridgehead atoms. The van der Waals surface area contributed by atoms with Gasteiger partial charge in [-0.2, -0.15) is 0 Å². The third kappa shape index (κ3) is 18.3. The molecule has 0 atom stereocenters. The summed E-state index contributed by atoms with van der Waals surface area (Å²) in [4.78, 5) is 18.0. The Morgan fingerprint density at radius 2 is 0.679 bits per heavy atom. The molecule has 11 aromatic rings. The van der Waals surface area contributed by atoms with Gasteiger partial charge in [0.25, 0.3) is 0 Å². The van der Waals surface area contributed by atoms with E-state index in [1.54, 1.807) is 0 Å². The van der Waals surface area contributed by atoms with Crippen LogP contribution >= 0.6 is 0 Å². The second-order valence-electron chi connectivity index (χ2n) is 19.7. The van der Waals surface area contributed by atoms with Crippen molar-refractivity contribution < 1.29 is 40.2 Å². The average molecular weight is 1370 g/mol. The van der Waals surface area contributed by atoms with Crippen LogP contribution in [0.4, 0.5) is 0 Å². The first-order valence-electron chi connectivity index (χ1n) is 26.2. The molecule has 0 aliphatic rings. The number of benzene rings is 7. The molecule has 394 valence electrons. The molecule has 78 heavy (non-hydrogen) atoms. The molecule has 11 rings (SSSR count). The van der Waals surface area contributed by atoms with Crippen LogP contribution in [-0.4, -0.2) is 19.9 Å². The Kier molecular flexibility index (Phi) is 23.7. The molecule has 0 saturated heterocycles. The Bertz CT molecular complexity index is 3310. The fourth-order valence-electron chi connectivity index (χ4n) is 8.51. The van der Waals surface area contributed by atoms with Gasteiger partial charge in [-0.3, -0.25) is 4.98 Å². The van der Waals surface area contributed by atoms with Crippen LogP contribution in [0.15, 0.2) is 249 Å². The first-order chi connectivity index (χ1) is 37.1. The summed E-state index contributed by atoms with van der Waals surface area (Å²) < 4.78 is 0. The van der Waals surface area contributed by atoms with Crippen molar-refractivity contribution in [3.05, 3.63) is 290 Å². The van der Waals surface area contributed by atoms with E-state index in [0.717, 1.165) is 57.9 Å². The molecule has 0 unspecified atom stereocenters. The van der Waals surface area contributed by atoms with E-state index in [1.807, 2.05) is 105 Å². The largest absolute Gasteiger partial charge is 0.304 e. The number of rotatable bonds is 11. The minimum Gasteiger partial charge on any atom is -0.304 e. The average Bonchev–Trinajstić information content (AvgIpc) is 3.47. The summed E-state index contributed by atoms with van der Waals surface area (Å²) in [5.74, 6) is 1.31. The minimum atomic E-state index is 0. The number of hydrogen-bond donors (Lipinski definition) is 0. The van der Waals surface area contributed by atoms with Crippen molar-refractivity contribution in [3.8, 4) is 78.4 Å². The van der Waals surface area contributed by atoms with Crippen LogP contribution in [0, 0.1) is 43.9 Å². The predicted octanol–water partition coefficient (Wildman–Crippen LogP) is 18.4. The van der Waals surface area contributed by atoms with Crippen molar-refractivity contribution >= 4 is 0 Å². The zero-order chi connectivity index (χ0) is 52.9. The third-order valence-corrected chi connectivity index (χ3v) is 12.4. The number of pyridine rings is 4. The summed E-state index contributed by atoms with van der Waals surface area (Å²) >= 11 is 0. The van der Waals surface area contributed by atoms with Gasteiger partial charge >= 0.3 is 0 Å². The van der Waals surface area contributed by atoms with E-state index >= 15 is 0 Å². The van der Waals surface area contributed by atoms with Gasteiger partial charge in [0.2, 0.25) is 0 Å². The zero-order valence-corrected chi connectivity index (χ0v) is 50.0. The number of hydrogen-bond acceptors (Lipinski definition) is 4. The molecule has 0 saturated carbocycles. The van der Waals surface area contributed by atoms with E-state index in [0.29, 0.717) is 11.8 Å². The Labute approximate surface area is 491 Å². The Balaban J connectivity index is 0.000000169. The van der Waals surface area contributed by atoms with E-state index in [-0.39, 0.29) is 40.2 Å². The third-order valence-electron chi connectivity index (χ3n) is 12.4. The SMILES string of the molecule is CC(C)Cc1ccc(-c2[c-]ccc(-c3ccccc3)c2)nc1.CC(C)Cc1ccc(-c2cccc(-c3ccccc3)c2)nc1.Cc1ccc(-c2[c-]ccc(-c3ccccc3)c2)nc1.Cc1ccc(-c2[c-]cccc2)nc1.[Ir].[Ir]. The van der Waals surface area contributed by atoms with Gasteiger partial charge in [-0.1, -0.05) is 179 Å². The van der Waals surface area contributed by atoms with Crippen molar-refractivity contribution in [3.63, 3.8) is 0 Å². The van der Waals surface area contributed by atoms with Gasteiger partial charge in [-0.15, -0.1) is 107 Å². The van der Waals surface area contributed by atoms with Crippen LogP contribution in [-0.2, 0) is 53.1 Å². The first-order valence-corrected chi connectivity index (χ1v) is 26.2. The summed E-state index contributed by atoms with van der Waals surface area (Å²) in [5.41, 5.74) is 20.5. The van der Waals surface area contributed by atoms with Crippen LogP contribution in [0.2, 0.25) is 0 Å². The zero-order valence-electron chi connectivity index (χ0n) is 45.2. The normalized spacial score (nSPS) is 10.3. The molecule has 0 spiro atoms. The molecule has 7 aromatic carbocycles. The quantitative estimate of drug-likeness (QED) is 0.121. The first kappa shape index (κ1) is 59.7. The van der Waals surface area contributed by atoms with Crippen LogP contribution in [0.25, 0.3) is 78.4 Å². The van der Waals surface area contributed by atoms with Gasteiger partial charge in [0.05, 0.1) is 5.69 Å². The second-order valence-corrected chi connectivity index (χ2v) is 19.7. The molecular weight excluding hydrogens is 1310 g/mol. The standard InChI is InChI=1S/C21H21N.C21H20N.C18H14N.C12H10N.2Ir/c2*1-16(2)13-17-11-12-21(22-15-17)20-10-6-9-19(14-20)18-7-4-3-5-8-18;1-14-10-11-18(19-13-14)17-9-5-8-16(12-17)15-6-3-2-4-7-15;1-10-7-8-12(13-9-10)11-5-3-2-4-6-11;;/h3-12,14-16H,13H2,1-2H3;3-9,11-12,14-16H,13H2,1-2H3;2-8,10-13H,1H3;2-5,7-9H,1H3;;/q;3*-1;;. The van der Waals surface area contributed by atoms with Crippen LogP contribution in [0.5, 0.6) is 0 Å². The summed E-state index contributed by atoms with van der Waals surface area (Å²) in [7, 11) is 0. The summed E-state index contributed by atoms with van der Waals surface area (Å²) in [6.45, 7) is 13.0. The van der Waals surface area contributed by atoms with Gasteiger partial charge < -0.3 is 15.0 Å². The number of aryl methyl sites for hydroxylation is 2. The van der Waals surface area contributed by atoms with Crippen LogP contribution in [0.1, 0.15) is 49.9 Å². The molecule has 0 aliphatic heterocycles. The molecule has 6 heteroatoms. The second kappa shape index (κ2) is 31.0. The molecule has 2 radical (unpaired) electrons. The van der Waals surface area contributed by atoms with E-state index in [4.69, 9.17) is 0 Å². The van der Waals surface area contributed by atoms with Crippen LogP contribution < -0.4 is 0 Å². The number of nitrogens with zero attached hydrogens (tertiary/aromatic N) is 4. The van der Waals surface area contributed by atoms with E-state index < -0.39 is 0 Å². The Hall–Kier alpha value is -7.56. The maximum absolute atomic E-state index is 4.64. The van der Waals surface area contributed by atoms with Crippen molar-refractivity contribution in [1.29, 1.82) is 0 Å². The molecule has 4 aromatic heterocycles. The van der Waals surface area contributed by atoms with E-state index in [2.05, 4.69) is 224 Å².